The first-order valence-electron chi connectivity index (χ1n) is 9.26. The molecule has 4 rings (SSSR count). The summed E-state index contributed by atoms with van der Waals surface area (Å²) in [6, 6.07) is 17.2. The molecule has 0 spiro atoms. The van der Waals surface area contributed by atoms with Gasteiger partial charge < -0.3 is 0 Å². The highest BCUT2D eigenvalue weighted by molar-refractivity contribution is 7.89. The molecule has 2 heterocycles. The van der Waals surface area contributed by atoms with Crippen LogP contribution in [0.2, 0.25) is 0 Å². The van der Waals surface area contributed by atoms with E-state index in [1.807, 2.05) is 47.8 Å². The lowest BCUT2D eigenvalue weighted by atomic mass is 10.2. The van der Waals surface area contributed by atoms with E-state index in [1.165, 1.54) is 0 Å². The van der Waals surface area contributed by atoms with E-state index in [2.05, 4.69) is 0 Å². The van der Waals surface area contributed by atoms with E-state index in [9.17, 15) is 8.42 Å². The molecule has 0 unspecified atom stereocenters. The molecule has 0 bridgehead atoms. The maximum Gasteiger partial charge on any atom is 0.243 e. The number of hydrogen-bond donors (Lipinski definition) is 0. The quantitative estimate of drug-likeness (QED) is 0.618. The SMILES string of the molecule is O=S(=O)(c1ccc(-c2csc(-c3ccccc3)n2)cc1)N1CCCCCC1. The fourth-order valence-electron chi connectivity index (χ4n) is 3.35. The Morgan fingerprint density at radius 1 is 0.815 bits per heavy atom. The summed E-state index contributed by atoms with van der Waals surface area (Å²) in [6.45, 7) is 1.24. The summed E-state index contributed by atoms with van der Waals surface area (Å²) in [5, 5.41) is 2.98. The maximum atomic E-state index is 12.9. The maximum absolute atomic E-state index is 12.9. The van der Waals surface area contributed by atoms with E-state index in [-0.39, 0.29) is 0 Å². The molecule has 0 amide bonds. The number of rotatable bonds is 4. The summed E-state index contributed by atoms with van der Waals surface area (Å²) in [6.07, 6.45) is 4.11. The van der Waals surface area contributed by atoms with Crippen LogP contribution in [0, 0.1) is 0 Å². The molecule has 140 valence electrons. The van der Waals surface area contributed by atoms with Crippen LogP contribution in [0.25, 0.3) is 21.8 Å². The van der Waals surface area contributed by atoms with Gasteiger partial charge in [-0.15, -0.1) is 11.3 Å². The lowest BCUT2D eigenvalue weighted by Crippen LogP contribution is -2.31. The third kappa shape index (κ3) is 3.98. The smallest absolute Gasteiger partial charge is 0.236 e. The zero-order valence-corrected chi connectivity index (χ0v) is 16.7. The van der Waals surface area contributed by atoms with E-state index in [0.717, 1.165) is 47.5 Å². The van der Waals surface area contributed by atoms with Crippen LogP contribution in [0.4, 0.5) is 0 Å². The molecule has 6 heteroatoms. The Morgan fingerprint density at radius 3 is 2.15 bits per heavy atom. The predicted octanol–water partition coefficient (Wildman–Crippen LogP) is 5.04. The van der Waals surface area contributed by atoms with Gasteiger partial charge in [0.15, 0.2) is 0 Å². The van der Waals surface area contributed by atoms with Gasteiger partial charge in [0.1, 0.15) is 5.01 Å². The van der Waals surface area contributed by atoms with Crippen molar-refractivity contribution in [3.8, 4) is 21.8 Å². The Hall–Kier alpha value is -2.02. The van der Waals surface area contributed by atoms with Gasteiger partial charge in [-0.25, -0.2) is 13.4 Å². The number of sulfonamides is 1. The first-order chi connectivity index (χ1) is 13.1. The monoisotopic (exact) mass is 398 g/mol. The predicted molar refractivity (Wildman–Crippen MR) is 110 cm³/mol. The molecule has 0 N–H and O–H groups in total. The standard InChI is InChI=1S/C21H22N2O2S2/c24-27(25,23-14-6-1-2-7-15-23)19-12-10-17(11-13-19)20-16-26-21(22-20)18-8-4-3-5-9-18/h3-5,8-13,16H,1-2,6-7,14-15H2. The minimum absolute atomic E-state index is 0.367. The molecule has 0 atom stereocenters. The molecule has 27 heavy (non-hydrogen) atoms. The number of benzene rings is 2. The Morgan fingerprint density at radius 2 is 1.48 bits per heavy atom. The van der Waals surface area contributed by atoms with Crippen LogP contribution in [0.15, 0.2) is 64.9 Å². The average Bonchev–Trinajstić information content (AvgIpc) is 3.03. The van der Waals surface area contributed by atoms with E-state index in [4.69, 9.17) is 4.98 Å². The van der Waals surface area contributed by atoms with Gasteiger partial charge in [-0.1, -0.05) is 55.3 Å². The number of thiazole rings is 1. The summed E-state index contributed by atoms with van der Waals surface area (Å²) in [4.78, 5) is 5.07. The number of nitrogens with zero attached hydrogens (tertiary/aromatic N) is 2. The molecule has 1 aromatic heterocycles. The van der Waals surface area contributed by atoms with Crippen LogP contribution >= 0.6 is 11.3 Å². The fourth-order valence-corrected chi connectivity index (χ4v) is 5.70. The first kappa shape index (κ1) is 18.3. The topological polar surface area (TPSA) is 50.3 Å². The van der Waals surface area contributed by atoms with Crippen LogP contribution in [0.5, 0.6) is 0 Å². The van der Waals surface area contributed by atoms with Crippen molar-refractivity contribution in [2.45, 2.75) is 30.6 Å². The van der Waals surface area contributed by atoms with Crippen LogP contribution in [0.3, 0.4) is 0 Å². The molecule has 1 aliphatic rings. The van der Waals surface area contributed by atoms with Crippen LogP contribution in [-0.4, -0.2) is 30.8 Å². The third-order valence-corrected chi connectivity index (χ3v) is 7.68. The molecule has 0 radical (unpaired) electrons. The highest BCUT2D eigenvalue weighted by Gasteiger charge is 2.25. The first-order valence-corrected chi connectivity index (χ1v) is 11.6. The average molecular weight is 399 g/mol. The molecule has 0 aliphatic carbocycles. The lowest BCUT2D eigenvalue weighted by molar-refractivity contribution is 0.424. The van der Waals surface area contributed by atoms with E-state index >= 15 is 0 Å². The Balaban J connectivity index is 1.56. The fraction of sp³-hybridized carbons (Fsp3) is 0.286. The van der Waals surface area contributed by atoms with Crippen LogP contribution < -0.4 is 0 Å². The van der Waals surface area contributed by atoms with Crippen molar-refractivity contribution in [3.63, 3.8) is 0 Å². The molecule has 1 fully saturated rings. The van der Waals surface area contributed by atoms with Gasteiger partial charge in [-0.2, -0.15) is 4.31 Å². The second-order valence-corrected chi connectivity index (χ2v) is 9.54. The van der Waals surface area contributed by atoms with Crippen molar-refractivity contribution >= 4 is 21.4 Å². The van der Waals surface area contributed by atoms with Gasteiger partial charge in [-0.3, -0.25) is 0 Å². The minimum Gasteiger partial charge on any atom is -0.236 e. The Bertz CT molecular complexity index is 988. The highest BCUT2D eigenvalue weighted by atomic mass is 32.2. The van der Waals surface area contributed by atoms with Crippen LogP contribution in [0.1, 0.15) is 25.7 Å². The molecular weight excluding hydrogens is 376 g/mol. The molecule has 2 aromatic carbocycles. The van der Waals surface area contributed by atoms with Gasteiger partial charge >= 0.3 is 0 Å². The largest absolute Gasteiger partial charge is 0.243 e. The highest BCUT2D eigenvalue weighted by Crippen LogP contribution is 2.30. The van der Waals surface area contributed by atoms with Gasteiger partial charge in [0.25, 0.3) is 0 Å². The van der Waals surface area contributed by atoms with Crippen molar-refractivity contribution in [2.24, 2.45) is 0 Å². The zero-order valence-electron chi connectivity index (χ0n) is 15.0. The second-order valence-electron chi connectivity index (χ2n) is 6.75. The Kier molecular flexibility index (Phi) is 5.38. The minimum atomic E-state index is -3.41. The van der Waals surface area contributed by atoms with Crippen molar-refractivity contribution in [3.05, 3.63) is 60.0 Å². The number of hydrogen-bond acceptors (Lipinski definition) is 4. The van der Waals surface area contributed by atoms with E-state index in [0.29, 0.717) is 18.0 Å². The molecule has 1 aliphatic heterocycles. The molecule has 3 aromatic rings. The summed E-state index contributed by atoms with van der Waals surface area (Å²) >= 11 is 1.59. The normalized spacial score (nSPS) is 16.1. The van der Waals surface area contributed by atoms with Gasteiger partial charge in [0, 0.05) is 29.6 Å². The second kappa shape index (κ2) is 7.92. The van der Waals surface area contributed by atoms with Crippen molar-refractivity contribution in [2.75, 3.05) is 13.1 Å². The van der Waals surface area contributed by atoms with E-state index in [1.54, 1.807) is 27.8 Å². The lowest BCUT2D eigenvalue weighted by Gasteiger charge is -2.19. The summed E-state index contributed by atoms with van der Waals surface area (Å²) in [5.41, 5.74) is 2.90. The summed E-state index contributed by atoms with van der Waals surface area (Å²) in [5.74, 6) is 0. The van der Waals surface area contributed by atoms with Crippen molar-refractivity contribution < 1.29 is 8.42 Å². The summed E-state index contributed by atoms with van der Waals surface area (Å²) < 4.78 is 27.4. The summed E-state index contributed by atoms with van der Waals surface area (Å²) in [7, 11) is -3.41. The van der Waals surface area contributed by atoms with Crippen molar-refractivity contribution in [1.29, 1.82) is 0 Å². The molecule has 1 saturated heterocycles. The van der Waals surface area contributed by atoms with Gasteiger partial charge in [-0.05, 0) is 25.0 Å². The molecule has 0 saturated carbocycles. The van der Waals surface area contributed by atoms with Crippen LogP contribution in [-0.2, 0) is 10.0 Å². The van der Waals surface area contributed by atoms with Gasteiger partial charge in [0.2, 0.25) is 10.0 Å². The number of aromatic nitrogens is 1. The van der Waals surface area contributed by atoms with Gasteiger partial charge in [0.05, 0.1) is 10.6 Å². The molecular formula is C21H22N2O2S2. The third-order valence-electron chi connectivity index (χ3n) is 4.88. The Labute approximate surface area is 164 Å². The van der Waals surface area contributed by atoms with E-state index < -0.39 is 10.0 Å². The zero-order chi connectivity index (χ0) is 18.7. The molecule has 4 nitrogen and oxygen atoms in total. The van der Waals surface area contributed by atoms with Crippen molar-refractivity contribution in [1.82, 2.24) is 9.29 Å².